The molecule has 0 atom stereocenters. The van der Waals surface area contributed by atoms with E-state index in [1.807, 2.05) is 52.0 Å². The van der Waals surface area contributed by atoms with Crippen LogP contribution in [0.15, 0.2) is 53.4 Å². The van der Waals surface area contributed by atoms with Crippen LogP contribution >= 0.6 is 0 Å². The van der Waals surface area contributed by atoms with Gasteiger partial charge in [0.25, 0.3) is 0 Å². The highest BCUT2D eigenvalue weighted by Gasteiger charge is 2.35. The molecule has 1 heterocycles. The molecule has 0 bridgehead atoms. The first-order valence-corrected chi connectivity index (χ1v) is 16.3. The third-order valence-electron chi connectivity index (χ3n) is 6.96. The fourth-order valence-corrected chi connectivity index (χ4v) is 7.34. The Bertz CT molecular complexity index is 1280. The van der Waals surface area contributed by atoms with E-state index in [9.17, 15) is 21.6 Å². The average Bonchev–Trinajstić information content (AvgIpc) is 2.88. The number of carbonyl (C=O) groups is 1. The molecule has 0 aromatic heterocycles. The molecule has 0 aliphatic carbocycles. The molecule has 38 heavy (non-hydrogen) atoms. The van der Waals surface area contributed by atoms with E-state index in [0.29, 0.717) is 32.5 Å². The molecule has 0 saturated carbocycles. The van der Waals surface area contributed by atoms with Gasteiger partial charge in [-0.1, -0.05) is 61.4 Å². The van der Waals surface area contributed by atoms with Crippen LogP contribution in [0.4, 0.5) is 0 Å². The Kier molecular flexibility index (Phi) is 10.1. The maximum atomic E-state index is 13.7. The van der Waals surface area contributed by atoms with Gasteiger partial charge in [0.15, 0.2) is 0 Å². The van der Waals surface area contributed by atoms with Crippen molar-refractivity contribution in [2.45, 2.75) is 64.9 Å². The Balaban J connectivity index is 1.81. The Morgan fingerprint density at radius 3 is 1.95 bits per heavy atom. The van der Waals surface area contributed by atoms with E-state index in [1.165, 1.54) is 8.61 Å². The van der Waals surface area contributed by atoms with Crippen molar-refractivity contribution in [1.29, 1.82) is 0 Å². The first-order chi connectivity index (χ1) is 17.8. The minimum Gasteiger partial charge on any atom is -0.334 e. The van der Waals surface area contributed by atoms with Crippen molar-refractivity contribution < 1.29 is 21.6 Å². The van der Waals surface area contributed by atoms with Crippen molar-refractivity contribution >= 4 is 26.0 Å². The summed E-state index contributed by atoms with van der Waals surface area (Å²) in [5.74, 6) is -0.256. The largest absolute Gasteiger partial charge is 0.334 e. The lowest BCUT2D eigenvalue weighted by atomic mass is 10.0. The maximum Gasteiger partial charge on any atom is 0.243 e. The lowest BCUT2D eigenvalue weighted by Gasteiger charge is -2.39. The van der Waals surface area contributed by atoms with Gasteiger partial charge in [-0.15, -0.1) is 0 Å². The Morgan fingerprint density at radius 1 is 0.921 bits per heavy atom. The molecule has 3 rings (SSSR count). The summed E-state index contributed by atoms with van der Waals surface area (Å²) in [7, 11) is -7.18. The third-order valence-corrected chi connectivity index (χ3v) is 10.7. The smallest absolute Gasteiger partial charge is 0.243 e. The number of nitrogens with zero attached hydrogens (tertiary/aromatic N) is 3. The zero-order valence-electron chi connectivity index (χ0n) is 23.1. The molecule has 0 unspecified atom stereocenters. The normalized spacial score (nSPS) is 15.8. The highest BCUT2D eigenvalue weighted by atomic mass is 32.2. The standard InChI is InChI=1S/C28H41N3O5S2/c1-6-37(33,34)30(19-22(2)3)21-28(32)31(20-25-11-7-23(4)8-12-25)26-15-17-29(18-16-26)38(35,36)27-13-9-24(5)10-14-27/h7-14,22,26H,6,15-21H2,1-5H3. The second kappa shape index (κ2) is 12.7. The van der Waals surface area contributed by atoms with E-state index in [2.05, 4.69) is 0 Å². The van der Waals surface area contributed by atoms with E-state index in [4.69, 9.17) is 0 Å². The number of benzene rings is 2. The monoisotopic (exact) mass is 563 g/mol. The zero-order chi connectivity index (χ0) is 28.1. The molecule has 0 N–H and O–H groups in total. The molecule has 8 nitrogen and oxygen atoms in total. The summed E-state index contributed by atoms with van der Waals surface area (Å²) in [6.45, 7) is 10.3. The molecule has 2 aromatic rings. The topological polar surface area (TPSA) is 95.1 Å². The molecule has 0 spiro atoms. The van der Waals surface area contributed by atoms with E-state index in [-0.39, 0.29) is 41.6 Å². The Morgan fingerprint density at radius 2 is 1.45 bits per heavy atom. The summed E-state index contributed by atoms with van der Waals surface area (Å²) >= 11 is 0. The van der Waals surface area contributed by atoms with Crippen LogP contribution in [0.3, 0.4) is 0 Å². The van der Waals surface area contributed by atoms with Gasteiger partial charge in [0, 0.05) is 32.2 Å². The van der Waals surface area contributed by atoms with Crippen molar-refractivity contribution in [1.82, 2.24) is 13.5 Å². The van der Waals surface area contributed by atoms with Gasteiger partial charge in [-0.05, 0) is 57.2 Å². The minimum atomic E-state index is -3.62. The summed E-state index contributed by atoms with van der Waals surface area (Å²) in [5, 5.41) is 0. The molecule has 1 aliphatic heterocycles. The number of sulfonamides is 2. The Hall–Kier alpha value is -2.27. The fourth-order valence-electron chi connectivity index (χ4n) is 4.67. The quantitative estimate of drug-likeness (QED) is 0.415. The van der Waals surface area contributed by atoms with Crippen LogP contribution < -0.4 is 0 Å². The van der Waals surface area contributed by atoms with E-state index in [1.54, 1.807) is 36.1 Å². The van der Waals surface area contributed by atoms with Crippen LogP contribution in [0, 0.1) is 19.8 Å². The predicted octanol–water partition coefficient (Wildman–Crippen LogP) is 3.79. The SMILES string of the molecule is CCS(=O)(=O)N(CC(=O)N(Cc1ccc(C)cc1)C1CCN(S(=O)(=O)c2ccc(C)cc2)CC1)CC(C)C. The van der Waals surface area contributed by atoms with Gasteiger partial charge in [0.2, 0.25) is 26.0 Å². The molecule has 0 radical (unpaired) electrons. The summed E-state index contributed by atoms with van der Waals surface area (Å²) in [4.78, 5) is 15.7. The second-order valence-electron chi connectivity index (χ2n) is 10.5. The number of hydrogen-bond donors (Lipinski definition) is 0. The van der Waals surface area contributed by atoms with E-state index >= 15 is 0 Å². The van der Waals surface area contributed by atoms with Crippen LogP contribution in [-0.4, -0.2) is 74.2 Å². The Labute approximate surface area is 228 Å². The van der Waals surface area contributed by atoms with Crippen molar-refractivity contribution in [3.05, 3.63) is 65.2 Å². The van der Waals surface area contributed by atoms with Crippen LogP contribution in [0.25, 0.3) is 0 Å². The zero-order valence-corrected chi connectivity index (χ0v) is 24.8. The molecule has 1 fully saturated rings. The number of rotatable bonds is 11. The highest BCUT2D eigenvalue weighted by molar-refractivity contribution is 7.89. The van der Waals surface area contributed by atoms with Crippen molar-refractivity contribution in [2.24, 2.45) is 5.92 Å². The first kappa shape index (κ1) is 30.3. The number of carbonyl (C=O) groups excluding carboxylic acids is 1. The third kappa shape index (κ3) is 7.65. The molecule has 1 saturated heterocycles. The lowest BCUT2D eigenvalue weighted by Crippen LogP contribution is -2.51. The highest BCUT2D eigenvalue weighted by Crippen LogP contribution is 2.25. The molecular formula is C28H41N3O5S2. The number of piperidine rings is 1. The molecule has 2 aromatic carbocycles. The van der Waals surface area contributed by atoms with Gasteiger partial charge >= 0.3 is 0 Å². The molecular weight excluding hydrogens is 522 g/mol. The van der Waals surface area contributed by atoms with Gasteiger partial charge in [-0.2, -0.15) is 8.61 Å². The van der Waals surface area contributed by atoms with Crippen LogP contribution in [0.2, 0.25) is 0 Å². The summed E-state index contributed by atoms with van der Waals surface area (Å²) < 4.78 is 54.7. The van der Waals surface area contributed by atoms with Crippen molar-refractivity contribution in [2.75, 3.05) is 31.9 Å². The van der Waals surface area contributed by atoms with Gasteiger partial charge in [0.05, 0.1) is 17.2 Å². The first-order valence-electron chi connectivity index (χ1n) is 13.2. The van der Waals surface area contributed by atoms with Crippen molar-refractivity contribution in [3.8, 4) is 0 Å². The summed E-state index contributed by atoms with van der Waals surface area (Å²) in [6.07, 6.45) is 0.959. The second-order valence-corrected chi connectivity index (χ2v) is 14.7. The number of hydrogen-bond acceptors (Lipinski definition) is 5. The summed E-state index contributed by atoms with van der Waals surface area (Å²) in [6, 6.07) is 14.6. The van der Waals surface area contributed by atoms with E-state index in [0.717, 1.165) is 16.7 Å². The van der Waals surface area contributed by atoms with E-state index < -0.39 is 20.0 Å². The molecule has 10 heteroatoms. The number of amides is 1. The number of aryl methyl sites for hydroxylation is 2. The van der Waals surface area contributed by atoms with Crippen LogP contribution in [0.5, 0.6) is 0 Å². The lowest BCUT2D eigenvalue weighted by molar-refractivity contribution is -0.135. The average molecular weight is 564 g/mol. The van der Waals surface area contributed by atoms with Crippen LogP contribution in [0.1, 0.15) is 50.3 Å². The van der Waals surface area contributed by atoms with Crippen LogP contribution in [-0.2, 0) is 31.4 Å². The molecule has 1 aliphatic rings. The maximum absolute atomic E-state index is 13.7. The van der Waals surface area contributed by atoms with Gasteiger partial charge in [-0.25, -0.2) is 16.8 Å². The molecule has 210 valence electrons. The van der Waals surface area contributed by atoms with Gasteiger partial charge < -0.3 is 4.90 Å². The van der Waals surface area contributed by atoms with Gasteiger partial charge in [-0.3, -0.25) is 4.79 Å². The van der Waals surface area contributed by atoms with Gasteiger partial charge in [0.1, 0.15) is 0 Å². The molecule has 1 amide bonds. The fraction of sp³-hybridized carbons (Fsp3) is 0.536. The van der Waals surface area contributed by atoms with Crippen molar-refractivity contribution in [3.63, 3.8) is 0 Å². The summed E-state index contributed by atoms with van der Waals surface area (Å²) in [5.41, 5.74) is 3.05. The predicted molar refractivity (Wildman–Crippen MR) is 151 cm³/mol. The minimum absolute atomic E-state index is 0.0692.